The van der Waals surface area contributed by atoms with Gasteiger partial charge in [-0.3, -0.25) is 0 Å². The van der Waals surface area contributed by atoms with Crippen LogP contribution in [-0.4, -0.2) is 39.3 Å². The van der Waals surface area contributed by atoms with E-state index in [1.807, 2.05) is 0 Å². The quantitative estimate of drug-likeness (QED) is 0.401. The van der Waals surface area contributed by atoms with E-state index in [1.165, 1.54) is 58.2 Å². The van der Waals surface area contributed by atoms with Crippen LogP contribution in [-0.2, 0) is 0 Å². The van der Waals surface area contributed by atoms with Gasteiger partial charge in [-0.05, 0) is 83.7 Å². The molecular formula is C16H37N3. The average Bonchev–Trinajstić information content (AvgIpc) is 2.43. The van der Waals surface area contributed by atoms with E-state index in [0.717, 1.165) is 25.6 Å². The Balaban J connectivity index is 3.66. The van der Waals surface area contributed by atoms with Crippen molar-refractivity contribution in [1.29, 1.82) is 0 Å². The molecule has 19 heavy (non-hydrogen) atoms. The van der Waals surface area contributed by atoms with E-state index < -0.39 is 0 Å². The summed E-state index contributed by atoms with van der Waals surface area (Å²) >= 11 is 0. The van der Waals surface area contributed by atoms with Crippen molar-refractivity contribution >= 4 is 0 Å². The summed E-state index contributed by atoms with van der Waals surface area (Å²) in [4.78, 5) is 0. The molecule has 0 aliphatic rings. The minimum Gasteiger partial charge on any atom is -0.317 e. The first-order valence-corrected chi connectivity index (χ1v) is 8.47. The molecule has 0 bridgehead atoms. The van der Waals surface area contributed by atoms with E-state index in [1.54, 1.807) is 0 Å². The summed E-state index contributed by atoms with van der Waals surface area (Å²) in [5.41, 5.74) is 0. The Bertz CT molecular complexity index is 134. The zero-order valence-corrected chi connectivity index (χ0v) is 13.6. The Morgan fingerprint density at radius 1 is 0.526 bits per heavy atom. The molecule has 0 heterocycles. The molecule has 3 N–H and O–H groups in total. The van der Waals surface area contributed by atoms with Crippen LogP contribution in [0.1, 0.15) is 59.3 Å². The zero-order chi connectivity index (χ0) is 14.2. The third-order valence-corrected chi connectivity index (χ3v) is 3.47. The predicted octanol–water partition coefficient (Wildman–Crippen LogP) is 2.77. The molecule has 0 atom stereocenters. The Morgan fingerprint density at radius 3 is 1.11 bits per heavy atom. The minimum absolute atomic E-state index is 0.859. The van der Waals surface area contributed by atoms with Gasteiger partial charge in [-0.25, -0.2) is 0 Å². The second-order valence-electron chi connectivity index (χ2n) is 5.48. The number of hydrogen-bond acceptors (Lipinski definition) is 3. The topological polar surface area (TPSA) is 36.1 Å². The van der Waals surface area contributed by atoms with Crippen molar-refractivity contribution in [2.75, 3.05) is 39.3 Å². The highest BCUT2D eigenvalue weighted by Crippen LogP contribution is 2.11. The first kappa shape index (κ1) is 18.9. The van der Waals surface area contributed by atoms with E-state index in [2.05, 4.69) is 36.7 Å². The fourth-order valence-corrected chi connectivity index (χ4v) is 2.26. The van der Waals surface area contributed by atoms with Gasteiger partial charge in [-0.2, -0.15) is 0 Å². The molecule has 3 nitrogen and oxygen atoms in total. The minimum atomic E-state index is 0.859. The highest BCUT2D eigenvalue weighted by Gasteiger charge is 2.07. The lowest BCUT2D eigenvalue weighted by Gasteiger charge is -2.18. The van der Waals surface area contributed by atoms with Crippen LogP contribution in [0, 0.1) is 5.92 Å². The highest BCUT2D eigenvalue weighted by molar-refractivity contribution is 4.65. The van der Waals surface area contributed by atoms with Gasteiger partial charge in [-0.15, -0.1) is 0 Å². The van der Waals surface area contributed by atoms with Gasteiger partial charge >= 0.3 is 0 Å². The van der Waals surface area contributed by atoms with Gasteiger partial charge in [0.1, 0.15) is 0 Å². The van der Waals surface area contributed by atoms with E-state index in [0.29, 0.717) is 0 Å². The second-order valence-corrected chi connectivity index (χ2v) is 5.48. The van der Waals surface area contributed by atoms with Crippen LogP contribution in [0.15, 0.2) is 0 Å². The molecular weight excluding hydrogens is 234 g/mol. The van der Waals surface area contributed by atoms with Crippen molar-refractivity contribution in [1.82, 2.24) is 16.0 Å². The van der Waals surface area contributed by atoms with Crippen molar-refractivity contribution < 1.29 is 0 Å². The zero-order valence-electron chi connectivity index (χ0n) is 13.6. The Labute approximate surface area is 121 Å². The van der Waals surface area contributed by atoms with Crippen molar-refractivity contribution in [2.24, 2.45) is 5.92 Å². The maximum absolute atomic E-state index is 3.53. The molecule has 3 heteroatoms. The molecule has 0 rings (SSSR count). The summed E-state index contributed by atoms with van der Waals surface area (Å²) in [6.45, 7) is 13.7. The number of rotatable bonds is 15. The smallest absolute Gasteiger partial charge is 0.00463 e. The van der Waals surface area contributed by atoms with E-state index in [4.69, 9.17) is 0 Å². The Kier molecular flexibility index (Phi) is 15.8. The number of nitrogens with one attached hydrogen (secondary N) is 3. The Morgan fingerprint density at radius 2 is 0.842 bits per heavy atom. The SMILES string of the molecule is CCCNCCC(CCNCCC)CCNCCC. The van der Waals surface area contributed by atoms with Crippen LogP contribution >= 0.6 is 0 Å². The lowest BCUT2D eigenvalue weighted by Crippen LogP contribution is -2.25. The lowest BCUT2D eigenvalue weighted by atomic mass is 9.97. The summed E-state index contributed by atoms with van der Waals surface area (Å²) in [6.07, 6.45) is 7.67. The number of hydrogen-bond donors (Lipinski definition) is 3. The molecule has 0 aliphatic heterocycles. The van der Waals surface area contributed by atoms with E-state index >= 15 is 0 Å². The van der Waals surface area contributed by atoms with Crippen molar-refractivity contribution in [2.45, 2.75) is 59.3 Å². The first-order chi connectivity index (χ1) is 9.35. The summed E-state index contributed by atoms with van der Waals surface area (Å²) in [5, 5.41) is 10.6. The summed E-state index contributed by atoms with van der Waals surface area (Å²) in [6, 6.07) is 0. The summed E-state index contributed by atoms with van der Waals surface area (Å²) < 4.78 is 0. The van der Waals surface area contributed by atoms with Gasteiger partial charge < -0.3 is 16.0 Å². The van der Waals surface area contributed by atoms with Crippen molar-refractivity contribution in [3.63, 3.8) is 0 Å². The summed E-state index contributed by atoms with van der Waals surface area (Å²) in [5.74, 6) is 0.859. The molecule has 0 fully saturated rings. The molecule has 0 aromatic carbocycles. The molecule has 0 saturated carbocycles. The third-order valence-electron chi connectivity index (χ3n) is 3.47. The monoisotopic (exact) mass is 271 g/mol. The van der Waals surface area contributed by atoms with Crippen LogP contribution < -0.4 is 16.0 Å². The van der Waals surface area contributed by atoms with Crippen molar-refractivity contribution in [3.05, 3.63) is 0 Å². The summed E-state index contributed by atoms with van der Waals surface area (Å²) in [7, 11) is 0. The van der Waals surface area contributed by atoms with Gasteiger partial charge in [0, 0.05) is 0 Å². The van der Waals surface area contributed by atoms with Crippen LogP contribution in [0.25, 0.3) is 0 Å². The Hall–Kier alpha value is -0.120. The van der Waals surface area contributed by atoms with Crippen LogP contribution in [0.5, 0.6) is 0 Å². The molecule has 0 aromatic heterocycles. The molecule has 0 unspecified atom stereocenters. The normalized spacial score (nSPS) is 11.4. The molecule has 0 aliphatic carbocycles. The maximum Gasteiger partial charge on any atom is -0.00463 e. The van der Waals surface area contributed by atoms with Crippen LogP contribution in [0.2, 0.25) is 0 Å². The molecule has 0 spiro atoms. The standard InChI is InChI=1S/C16H37N3/c1-4-10-17-13-7-16(8-14-18-11-5-2)9-15-19-12-6-3/h16-19H,4-15H2,1-3H3. The van der Waals surface area contributed by atoms with Gasteiger partial charge in [-0.1, -0.05) is 20.8 Å². The van der Waals surface area contributed by atoms with E-state index in [9.17, 15) is 0 Å². The largest absolute Gasteiger partial charge is 0.317 e. The molecule has 0 aromatic rings. The van der Waals surface area contributed by atoms with E-state index in [-0.39, 0.29) is 0 Å². The highest BCUT2D eigenvalue weighted by atomic mass is 14.9. The fourth-order valence-electron chi connectivity index (χ4n) is 2.26. The maximum atomic E-state index is 3.53. The van der Waals surface area contributed by atoms with Crippen molar-refractivity contribution in [3.8, 4) is 0 Å². The first-order valence-electron chi connectivity index (χ1n) is 8.47. The molecule has 0 saturated heterocycles. The lowest BCUT2D eigenvalue weighted by molar-refractivity contribution is 0.389. The van der Waals surface area contributed by atoms with Gasteiger partial charge in [0.25, 0.3) is 0 Å². The third kappa shape index (κ3) is 14.1. The molecule has 0 amide bonds. The van der Waals surface area contributed by atoms with Crippen LogP contribution in [0.3, 0.4) is 0 Å². The molecule has 0 radical (unpaired) electrons. The van der Waals surface area contributed by atoms with Gasteiger partial charge in [0.05, 0.1) is 0 Å². The second kappa shape index (κ2) is 15.9. The average molecular weight is 271 g/mol. The van der Waals surface area contributed by atoms with Crippen LogP contribution in [0.4, 0.5) is 0 Å². The predicted molar refractivity (Wildman–Crippen MR) is 86.8 cm³/mol. The van der Waals surface area contributed by atoms with Gasteiger partial charge in [0.15, 0.2) is 0 Å². The fraction of sp³-hybridized carbons (Fsp3) is 1.00. The molecule has 116 valence electrons. The van der Waals surface area contributed by atoms with Gasteiger partial charge in [0.2, 0.25) is 0 Å².